The maximum Gasteiger partial charge on any atom is 0.275 e. The zero-order valence-corrected chi connectivity index (χ0v) is 9.24. The Bertz CT molecular complexity index is 223. The van der Waals surface area contributed by atoms with Crippen molar-refractivity contribution in [3.63, 3.8) is 0 Å². The third kappa shape index (κ3) is 2.65. The molecule has 0 bridgehead atoms. The average Bonchev–Trinajstić information content (AvgIpc) is 1.88. The number of aryl methyl sites for hydroxylation is 1. The second-order valence-electron chi connectivity index (χ2n) is 2.56. The van der Waals surface area contributed by atoms with Gasteiger partial charge in [0, 0.05) is 6.07 Å². The van der Waals surface area contributed by atoms with Gasteiger partial charge in [0.1, 0.15) is 0 Å². The van der Waals surface area contributed by atoms with Crippen LogP contribution in [0.15, 0.2) is 24.4 Å². The van der Waals surface area contributed by atoms with Gasteiger partial charge >= 0.3 is 0 Å². The fourth-order valence-electron chi connectivity index (χ4n) is 0.979. The molecule has 1 heterocycles. The lowest BCUT2D eigenvalue weighted by molar-refractivity contribution is -0.658. The molecular formula is C8H13IN2. The van der Waals surface area contributed by atoms with Crippen LogP contribution in [-0.4, -0.2) is 14.1 Å². The van der Waals surface area contributed by atoms with Gasteiger partial charge in [0.2, 0.25) is 0 Å². The highest BCUT2D eigenvalue weighted by atomic mass is 127. The van der Waals surface area contributed by atoms with Gasteiger partial charge in [-0.2, -0.15) is 0 Å². The molecule has 0 unspecified atom stereocenters. The minimum atomic E-state index is 0. The number of nitrogens with zero attached hydrogens (tertiary/aromatic N) is 2. The van der Waals surface area contributed by atoms with Gasteiger partial charge < -0.3 is 24.0 Å². The van der Waals surface area contributed by atoms with Crippen molar-refractivity contribution in [1.29, 1.82) is 0 Å². The Balaban J connectivity index is 0.000001000. The lowest BCUT2D eigenvalue weighted by Gasteiger charge is -2.05. The molecule has 0 aliphatic heterocycles. The van der Waals surface area contributed by atoms with Gasteiger partial charge in [0.15, 0.2) is 0 Å². The first-order valence-corrected chi connectivity index (χ1v) is 3.34. The highest BCUT2D eigenvalue weighted by Crippen LogP contribution is 1.99. The topological polar surface area (TPSA) is 7.12 Å². The Hall–Kier alpha value is -0.320. The molecule has 1 aromatic rings. The van der Waals surface area contributed by atoms with E-state index in [0.717, 1.165) is 0 Å². The molecule has 0 saturated carbocycles. The lowest BCUT2D eigenvalue weighted by Crippen LogP contribution is -3.00. The van der Waals surface area contributed by atoms with E-state index in [1.54, 1.807) is 0 Å². The quantitative estimate of drug-likeness (QED) is 0.404. The monoisotopic (exact) mass is 264 g/mol. The van der Waals surface area contributed by atoms with Gasteiger partial charge in [-0.25, -0.2) is 4.57 Å². The summed E-state index contributed by atoms with van der Waals surface area (Å²) in [5.74, 6) is 1.21. The molecule has 0 atom stereocenters. The van der Waals surface area contributed by atoms with E-state index in [9.17, 15) is 0 Å². The Labute approximate surface area is 84.9 Å². The normalized spacial score (nSPS) is 8.64. The summed E-state index contributed by atoms with van der Waals surface area (Å²) in [5, 5.41) is 0. The third-order valence-corrected chi connectivity index (χ3v) is 1.49. The molecule has 1 aromatic heterocycles. The molecule has 3 heteroatoms. The molecule has 0 aliphatic rings. The number of halogens is 1. The molecular weight excluding hydrogens is 251 g/mol. The second-order valence-corrected chi connectivity index (χ2v) is 2.56. The van der Waals surface area contributed by atoms with E-state index in [1.165, 1.54) is 5.82 Å². The number of aromatic nitrogens is 1. The summed E-state index contributed by atoms with van der Waals surface area (Å²) in [7, 11) is 6.11. The van der Waals surface area contributed by atoms with Gasteiger partial charge in [0.05, 0.1) is 27.3 Å². The zero-order valence-electron chi connectivity index (χ0n) is 7.08. The maximum absolute atomic E-state index is 2.08. The van der Waals surface area contributed by atoms with Crippen LogP contribution >= 0.6 is 0 Å². The molecule has 0 aliphatic carbocycles. The van der Waals surface area contributed by atoms with Crippen LogP contribution in [-0.2, 0) is 7.05 Å². The van der Waals surface area contributed by atoms with Crippen LogP contribution in [0.2, 0.25) is 0 Å². The van der Waals surface area contributed by atoms with Crippen LogP contribution in [0, 0.1) is 0 Å². The van der Waals surface area contributed by atoms with Gasteiger partial charge in [-0.15, -0.1) is 0 Å². The van der Waals surface area contributed by atoms with E-state index in [-0.39, 0.29) is 24.0 Å². The predicted molar refractivity (Wildman–Crippen MR) is 41.9 cm³/mol. The first-order valence-electron chi connectivity index (χ1n) is 3.34. The first-order chi connectivity index (χ1) is 4.72. The van der Waals surface area contributed by atoms with Crippen LogP contribution in [0.25, 0.3) is 0 Å². The predicted octanol–water partition coefficient (Wildman–Crippen LogP) is -2.42. The molecule has 1 rings (SSSR count). The van der Waals surface area contributed by atoms with Crippen molar-refractivity contribution < 1.29 is 28.5 Å². The average molecular weight is 264 g/mol. The SMILES string of the molecule is CN(C)c1cccc[n+]1C.[I-]. The lowest BCUT2D eigenvalue weighted by atomic mass is 10.4. The number of hydrogen-bond donors (Lipinski definition) is 0. The summed E-state index contributed by atoms with van der Waals surface area (Å²) in [6.07, 6.45) is 2.04. The van der Waals surface area contributed by atoms with E-state index in [0.29, 0.717) is 0 Å². The van der Waals surface area contributed by atoms with Crippen molar-refractivity contribution in [2.45, 2.75) is 0 Å². The Morgan fingerprint density at radius 1 is 1.27 bits per heavy atom. The highest BCUT2D eigenvalue weighted by Gasteiger charge is 2.04. The Morgan fingerprint density at radius 2 is 1.91 bits per heavy atom. The fourth-order valence-corrected chi connectivity index (χ4v) is 0.979. The van der Waals surface area contributed by atoms with Crippen LogP contribution in [0.5, 0.6) is 0 Å². The summed E-state index contributed by atoms with van der Waals surface area (Å²) in [4.78, 5) is 2.08. The van der Waals surface area contributed by atoms with Crippen molar-refractivity contribution >= 4 is 5.82 Å². The van der Waals surface area contributed by atoms with E-state index < -0.39 is 0 Å². The number of pyridine rings is 1. The standard InChI is InChI=1S/C8H13N2.HI/c1-9(2)8-6-4-5-7-10(8)3;/h4-7H,1-3H3;1H/q+1;/p-1. The molecule has 0 N–H and O–H groups in total. The second kappa shape index (κ2) is 4.54. The molecule has 0 spiro atoms. The molecule has 62 valence electrons. The maximum atomic E-state index is 2.08. The minimum absolute atomic E-state index is 0. The zero-order chi connectivity index (χ0) is 7.56. The van der Waals surface area contributed by atoms with Gasteiger partial charge in [-0.1, -0.05) is 6.07 Å². The Kier molecular flexibility index (Phi) is 4.40. The van der Waals surface area contributed by atoms with Crippen LogP contribution in [0.4, 0.5) is 5.82 Å². The summed E-state index contributed by atoms with van der Waals surface area (Å²) in [6, 6.07) is 6.14. The largest absolute Gasteiger partial charge is 1.00 e. The van der Waals surface area contributed by atoms with Crippen LogP contribution in [0.3, 0.4) is 0 Å². The third-order valence-electron chi connectivity index (χ3n) is 1.49. The van der Waals surface area contributed by atoms with Crippen molar-refractivity contribution in [1.82, 2.24) is 0 Å². The summed E-state index contributed by atoms with van der Waals surface area (Å²) in [6.45, 7) is 0. The highest BCUT2D eigenvalue weighted by molar-refractivity contribution is 5.28. The van der Waals surface area contributed by atoms with Gasteiger partial charge in [-0.05, 0) is 6.07 Å². The molecule has 0 radical (unpaired) electrons. The summed E-state index contributed by atoms with van der Waals surface area (Å²) >= 11 is 0. The first kappa shape index (κ1) is 10.7. The van der Waals surface area contributed by atoms with E-state index >= 15 is 0 Å². The van der Waals surface area contributed by atoms with Crippen molar-refractivity contribution in [2.75, 3.05) is 19.0 Å². The molecule has 0 saturated heterocycles. The van der Waals surface area contributed by atoms with Crippen molar-refractivity contribution in [3.05, 3.63) is 24.4 Å². The molecule has 0 aromatic carbocycles. The van der Waals surface area contributed by atoms with Crippen molar-refractivity contribution in [3.8, 4) is 0 Å². The number of anilines is 1. The number of rotatable bonds is 1. The van der Waals surface area contributed by atoms with Crippen LogP contribution in [0.1, 0.15) is 0 Å². The molecule has 0 amide bonds. The molecule has 11 heavy (non-hydrogen) atoms. The Morgan fingerprint density at radius 3 is 2.27 bits per heavy atom. The fraction of sp³-hybridized carbons (Fsp3) is 0.375. The van der Waals surface area contributed by atoms with E-state index in [2.05, 4.69) is 15.5 Å². The van der Waals surface area contributed by atoms with Crippen molar-refractivity contribution in [2.24, 2.45) is 7.05 Å². The van der Waals surface area contributed by atoms with Crippen LogP contribution < -0.4 is 33.4 Å². The molecule has 2 nitrogen and oxygen atoms in total. The summed E-state index contributed by atoms with van der Waals surface area (Å²) < 4.78 is 2.08. The van der Waals surface area contributed by atoms with E-state index in [4.69, 9.17) is 0 Å². The van der Waals surface area contributed by atoms with Gasteiger partial charge in [0.25, 0.3) is 5.82 Å². The number of hydrogen-bond acceptors (Lipinski definition) is 1. The molecule has 0 fully saturated rings. The van der Waals surface area contributed by atoms with Gasteiger partial charge in [-0.3, -0.25) is 4.90 Å². The smallest absolute Gasteiger partial charge is 0.275 e. The summed E-state index contributed by atoms with van der Waals surface area (Å²) in [5.41, 5.74) is 0. The van der Waals surface area contributed by atoms with E-state index in [1.807, 2.05) is 39.5 Å². The minimum Gasteiger partial charge on any atom is -1.00 e.